The van der Waals surface area contributed by atoms with Gasteiger partial charge in [0.05, 0.1) is 11.0 Å². The summed E-state index contributed by atoms with van der Waals surface area (Å²) in [5.74, 6) is 0.0838. The topological polar surface area (TPSA) is 108 Å². The van der Waals surface area contributed by atoms with E-state index in [0.29, 0.717) is 16.7 Å². The number of hydrogen-bond acceptors (Lipinski definition) is 5. The molecular formula is C8H7N3O3. The highest BCUT2D eigenvalue weighted by atomic mass is 16.6. The molecule has 0 radical (unpaired) electrons. The van der Waals surface area contributed by atoms with Gasteiger partial charge < -0.3 is 15.9 Å². The van der Waals surface area contributed by atoms with Gasteiger partial charge in [-0.25, -0.2) is 0 Å². The smallest absolute Gasteiger partial charge is 0.273 e. The molecule has 1 heterocycles. The van der Waals surface area contributed by atoms with Gasteiger partial charge in [0.2, 0.25) is 5.88 Å². The number of nitrogens with zero attached hydrogens (tertiary/aromatic N) is 1. The maximum atomic E-state index is 10.4. The lowest BCUT2D eigenvalue weighted by Crippen LogP contribution is -1.89. The fourth-order valence-corrected chi connectivity index (χ4v) is 1.24. The van der Waals surface area contributed by atoms with Crippen molar-refractivity contribution >= 4 is 28.2 Å². The molecule has 6 heteroatoms. The fourth-order valence-electron chi connectivity index (χ4n) is 1.24. The summed E-state index contributed by atoms with van der Waals surface area (Å²) in [5.41, 5.74) is 11.6. The zero-order valence-corrected chi connectivity index (χ0v) is 7.06. The summed E-state index contributed by atoms with van der Waals surface area (Å²) in [6.45, 7) is 0. The minimum absolute atomic E-state index is 0.0498. The van der Waals surface area contributed by atoms with Crippen molar-refractivity contribution < 1.29 is 9.34 Å². The Kier molecular flexibility index (Phi) is 1.57. The van der Waals surface area contributed by atoms with Gasteiger partial charge in [-0.3, -0.25) is 10.1 Å². The molecule has 0 aliphatic carbocycles. The van der Waals surface area contributed by atoms with Crippen LogP contribution in [0.2, 0.25) is 0 Å². The molecule has 4 N–H and O–H groups in total. The first-order chi connectivity index (χ1) is 6.59. The van der Waals surface area contributed by atoms with Crippen LogP contribution in [0.15, 0.2) is 22.6 Å². The van der Waals surface area contributed by atoms with Gasteiger partial charge >= 0.3 is 0 Å². The third kappa shape index (κ3) is 1.05. The number of anilines is 2. The standard InChI is InChI=1S/C8H7N3O3/c9-7-5-2-1-4(11(12)13)3-6(5)14-8(7)10/h1-3H,9-10H2. The molecule has 0 unspecified atom stereocenters. The molecular weight excluding hydrogens is 186 g/mol. The lowest BCUT2D eigenvalue weighted by atomic mass is 10.2. The van der Waals surface area contributed by atoms with Gasteiger partial charge in [0.15, 0.2) is 0 Å². The maximum absolute atomic E-state index is 10.4. The molecule has 0 atom stereocenters. The Labute approximate surface area is 78.2 Å². The highest BCUT2D eigenvalue weighted by molar-refractivity contribution is 5.96. The van der Waals surface area contributed by atoms with E-state index in [-0.39, 0.29) is 11.6 Å². The van der Waals surface area contributed by atoms with E-state index >= 15 is 0 Å². The number of benzene rings is 1. The van der Waals surface area contributed by atoms with Crippen molar-refractivity contribution in [3.05, 3.63) is 28.3 Å². The lowest BCUT2D eigenvalue weighted by Gasteiger charge is -1.90. The predicted molar refractivity (Wildman–Crippen MR) is 51.7 cm³/mol. The minimum atomic E-state index is -0.506. The first-order valence-electron chi connectivity index (χ1n) is 3.81. The van der Waals surface area contributed by atoms with Crippen LogP contribution < -0.4 is 11.5 Å². The lowest BCUT2D eigenvalue weighted by molar-refractivity contribution is -0.384. The Morgan fingerprint density at radius 1 is 1.36 bits per heavy atom. The summed E-state index contributed by atoms with van der Waals surface area (Å²) in [6, 6.07) is 4.17. The molecule has 6 nitrogen and oxygen atoms in total. The van der Waals surface area contributed by atoms with Crippen LogP contribution >= 0.6 is 0 Å². The van der Waals surface area contributed by atoms with Crippen LogP contribution in [0.3, 0.4) is 0 Å². The van der Waals surface area contributed by atoms with Crippen LogP contribution in [0.4, 0.5) is 17.3 Å². The van der Waals surface area contributed by atoms with E-state index in [4.69, 9.17) is 15.9 Å². The first-order valence-corrected chi connectivity index (χ1v) is 3.81. The molecule has 0 aliphatic heterocycles. The highest BCUT2D eigenvalue weighted by Gasteiger charge is 2.12. The van der Waals surface area contributed by atoms with E-state index in [0.717, 1.165) is 0 Å². The third-order valence-corrected chi connectivity index (χ3v) is 1.95. The Hall–Kier alpha value is -2.24. The number of hydrogen-bond donors (Lipinski definition) is 2. The zero-order chi connectivity index (χ0) is 10.3. The maximum Gasteiger partial charge on any atom is 0.273 e. The number of furan rings is 1. The molecule has 2 rings (SSSR count). The highest BCUT2D eigenvalue weighted by Crippen LogP contribution is 2.32. The molecule has 0 saturated carbocycles. The van der Waals surface area contributed by atoms with Gasteiger partial charge in [-0.15, -0.1) is 0 Å². The van der Waals surface area contributed by atoms with Crippen LogP contribution in [0.1, 0.15) is 0 Å². The number of rotatable bonds is 1. The molecule has 72 valence electrons. The van der Waals surface area contributed by atoms with E-state index in [9.17, 15) is 10.1 Å². The van der Waals surface area contributed by atoms with Crippen molar-refractivity contribution in [3.63, 3.8) is 0 Å². The average Bonchev–Trinajstić information content (AvgIpc) is 2.42. The SMILES string of the molecule is Nc1oc2cc([N+](=O)[O-])ccc2c1N. The molecule has 0 fully saturated rings. The number of nitro groups is 1. The second-order valence-corrected chi connectivity index (χ2v) is 2.82. The Morgan fingerprint density at radius 2 is 2.07 bits per heavy atom. The van der Waals surface area contributed by atoms with Crippen LogP contribution in [-0.2, 0) is 0 Å². The summed E-state index contributed by atoms with van der Waals surface area (Å²) in [4.78, 5) is 9.93. The Bertz CT molecular complexity index is 518. The van der Waals surface area contributed by atoms with Crippen molar-refractivity contribution in [2.24, 2.45) is 0 Å². The van der Waals surface area contributed by atoms with E-state index < -0.39 is 4.92 Å². The Morgan fingerprint density at radius 3 is 2.71 bits per heavy atom. The van der Waals surface area contributed by atoms with E-state index in [2.05, 4.69) is 0 Å². The summed E-state index contributed by atoms with van der Waals surface area (Å²) in [5, 5.41) is 11.0. The molecule has 1 aromatic carbocycles. The molecule has 0 aliphatic rings. The summed E-state index contributed by atoms with van der Waals surface area (Å²) < 4.78 is 5.04. The van der Waals surface area contributed by atoms with Gasteiger partial charge in [0.25, 0.3) is 5.69 Å². The van der Waals surface area contributed by atoms with Gasteiger partial charge in [-0.1, -0.05) is 0 Å². The van der Waals surface area contributed by atoms with Crippen LogP contribution in [0.25, 0.3) is 11.0 Å². The molecule has 0 bridgehead atoms. The molecule has 0 amide bonds. The van der Waals surface area contributed by atoms with Gasteiger partial charge in [0, 0.05) is 11.5 Å². The number of nitrogen functional groups attached to an aromatic ring is 2. The second-order valence-electron chi connectivity index (χ2n) is 2.82. The first kappa shape index (κ1) is 8.36. The van der Waals surface area contributed by atoms with E-state index in [1.54, 1.807) is 0 Å². The summed E-state index contributed by atoms with van der Waals surface area (Å²) in [7, 11) is 0. The quantitative estimate of drug-likeness (QED) is 0.527. The number of fused-ring (bicyclic) bond motifs is 1. The fraction of sp³-hybridized carbons (Fsp3) is 0. The molecule has 14 heavy (non-hydrogen) atoms. The van der Waals surface area contributed by atoms with Crippen LogP contribution in [-0.4, -0.2) is 4.92 Å². The monoisotopic (exact) mass is 193 g/mol. The predicted octanol–water partition coefficient (Wildman–Crippen LogP) is 1.51. The van der Waals surface area contributed by atoms with Crippen LogP contribution in [0.5, 0.6) is 0 Å². The van der Waals surface area contributed by atoms with Gasteiger partial charge in [-0.05, 0) is 6.07 Å². The van der Waals surface area contributed by atoms with Gasteiger partial charge in [-0.2, -0.15) is 0 Å². The molecule has 2 aromatic rings. The molecule has 0 saturated heterocycles. The number of nitrogens with two attached hydrogens (primary N) is 2. The zero-order valence-electron chi connectivity index (χ0n) is 7.06. The molecule has 0 spiro atoms. The van der Waals surface area contributed by atoms with Crippen molar-refractivity contribution in [1.29, 1.82) is 0 Å². The minimum Gasteiger partial charge on any atom is -0.438 e. The van der Waals surface area contributed by atoms with Crippen molar-refractivity contribution in [1.82, 2.24) is 0 Å². The van der Waals surface area contributed by atoms with E-state index in [1.165, 1.54) is 18.2 Å². The molecule has 1 aromatic heterocycles. The summed E-state index contributed by atoms with van der Waals surface area (Å²) in [6.07, 6.45) is 0. The second kappa shape index (κ2) is 2.63. The largest absolute Gasteiger partial charge is 0.438 e. The Balaban J connectivity index is 2.73. The van der Waals surface area contributed by atoms with Crippen molar-refractivity contribution in [3.8, 4) is 0 Å². The van der Waals surface area contributed by atoms with Crippen LogP contribution in [0, 0.1) is 10.1 Å². The van der Waals surface area contributed by atoms with Crippen molar-refractivity contribution in [2.75, 3.05) is 11.5 Å². The van der Waals surface area contributed by atoms with E-state index in [1.807, 2.05) is 0 Å². The summed E-state index contributed by atoms with van der Waals surface area (Å²) >= 11 is 0. The number of nitro benzene ring substituents is 1. The number of non-ortho nitro benzene ring substituents is 1. The van der Waals surface area contributed by atoms with Gasteiger partial charge in [0.1, 0.15) is 11.3 Å². The third-order valence-electron chi connectivity index (χ3n) is 1.95. The van der Waals surface area contributed by atoms with Crippen molar-refractivity contribution in [2.45, 2.75) is 0 Å². The average molecular weight is 193 g/mol. The normalized spacial score (nSPS) is 10.6.